The third kappa shape index (κ3) is 5.41. The summed E-state index contributed by atoms with van der Waals surface area (Å²) >= 11 is 0. The van der Waals surface area contributed by atoms with E-state index in [0.29, 0.717) is 42.1 Å². The van der Waals surface area contributed by atoms with Crippen molar-refractivity contribution < 1.29 is 9.13 Å². The van der Waals surface area contributed by atoms with Crippen molar-refractivity contribution in [2.45, 2.75) is 33.4 Å². The fraction of sp³-hybridized carbons (Fsp3) is 0.360. The first-order chi connectivity index (χ1) is 16.4. The molecule has 1 aromatic carbocycles. The molecule has 0 N–H and O–H groups in total. The Morgan fingerprint density at radius 2 is 2.06 bits per heavy atom. The van der Waals surface area contributed by atoms with Gasteiger partial charge in [-0.15, -0.1) is 0 Å². The fourth-order valence-corrected chi connectivity index (χ4v) is 3.37. The Bertz CT molecular complexity index is 1420. The van der Waals surface area contributed by atoms with Crippen molar-refractivity contribution in [1.82, 2.24) is 18.7 Å². The Labute approximate surface area is 197 Å². The second-order valence-electron chi connectivity index (χ2n) is 7.62. The van der Waals surface area contributed by atoms with Gasteiger partial charge in [0.15, 0.2) is 11.2 Å². The van der Waals surface area contributed by atoms with Gasteiger partial charge in [-0.1, -0.05) is 30.9 Å². The molecule has 2 aromatic heterocycles. The smallest absolute Gasteiger partial charge is 0.332 e. The van der Waals surface area contributed by atoms with E-state index >= 15 is 0 Å². The number of aryl methyl sites for hydroxylation is 1. The van der Waals surface area contributed by atoms with Gasteiger partial charge in [-0.2, -0.15) is 0 Å². The van der Waals surface area contributed by atoms with Crippen molar-refractivity contribution in [1.29, 1.82) is 0 Å². The lowest BCUT2D eigenvalue weighted by atomic mass is 10.2. The fourth-order valence-electron chi connectivity index (χ4n) is 3.37. The molecule has 2 heterocycles. The number of aliphatic imine (C=N–C) groups is 1. The number of hydrogen-bond donors (Lipinski definition) is 0. The van der Waals surface area contributed by atoms with Crippen LogP contribution in [-0.2, 0) is 25.6 Å². The second-order valence-corrected chi connectivity index (χ2v) is 7.62. The van der Waals surface area contributed by atoms with Crippen LogP contribution in [0.1, 0.15) is 38.1 Å². The summed E-state index contributed by atoms with van der Waals surface area (Å²) in [5, 5.41) is 0. The summed E-state index contributed by atoms with van der Waals surface area (Å²) in [6.45, 7) is 4.92. The van der Waals surface area contributed by atoms with Gasteiger partial charge in [0.2, 0.25) is 0 Å². The van der Waals surface area contributed by atoms with E-state index in [1.54, 1.807) is 30.0 Å². The first-order valence-electron chi connectivity index (χ1n) is 11.0. The molecule has 0 aliphatic heterocycles. The standard InChI is InChI=1S/C25H28FN5O3/c1-5-14-34-17-31-21-23(29(3)25(33)30(4)24(21)32)28-22(31)19(6-2)16-27-13-8-7-10-18-11-9-12-20(26)15-18/h6,9,11-12,15-16H,5,8,13-14,17H2,1-4H3/b19-6+,27-16?. The number of ether oxygens (including phenoxy) is 1. The van der Waals surface area contributed by atoms with E-state index in [0.717, 1.165) is 11.0 Å². The third-order valence-electron chi connectivity index (χ3n) is 5.14. The molecule has 0 spiro atoms. The predicted molar refractivity (Wildman–Crippen MR) is 131 cm³/mol. The molecule has 0 atom stereocenters. The summed E-state index contributed by atoms with van der Waals surface area (Å²) < 4.78 is 23.0. The van der Waals surface area contributed by atoms with Gasteiger partial charge in [0.25, 0.3) is 5.56 Å². The van der Waals surface area contributed by atoms with Crippen LogP contribution in [0.3, 0.4) is 0 Å². The molecular weight excluding hydrogens is 437 g/mol. The quantitative estimate of drug-likeness (QED) is 0.291. The maximum Gasteiger partial charge on any atom is 0.332 e. The Balaban J connectivity index is 1.88. The Kier molecular flexibility index (Phi) is 8.33. The molecule has 34 heavy (non-hydrogen) atoms. The molecule has 9 heteroatoms. The number of imidazole rings is 1. The minimum Gasteiger partial charge on any atom is -0.361 e. The van der Waals surface area contributed by atoms with E-state index in [4.69, 9.17) is 4.74 Å². The molecule has 0 saturated heterocycles. The van der Waals surface area contributed by atoms with Gasteiger partial charge in [0.1, 0.15) is 18.4 Å². The van der Waals surface area contributed by atoms with Gasteiger partial charge >= 0.3 is 5.69 Å². The van der Waals surface area contributed by atoms with Gasteiger partial charge in [0, 0.05) is 51.0 Å². The van der Waals surface area contributed by atoms with Crippen LogP contribution in [0.4, 0.5) is 4.39 Å². The van der Waals surface area contributed by atoms with E-state index in [1.807, 2.05) is 19.9 Å². The third-order valence-corrected chi connectivity index (χ3v) is 5.14. The maximum absolute atomic E-state index is 13.2. The molecule has 3 rings (SSSR count). The van der Waals surface area contributed by atoms with Gasteiger partial charge in [-0.3, -0.25) is 23.5 Å². The van der Waals surface area contributed by atoms with Crippen LogP contribution in [0.5, 0.6) is 0 Å². The second kappa shape index (κ2) is 11.4. The number of fused-ring (bicyclic) bond motifs is 1. The van der Waals surface area contributed by atoms with Crippen molar-refractivity contribution in [3.05, 3.63) is 68.4 Å². The highest BCUT2D eigenvalue weighted by molar-refractivity contribution is 6.09. The van der Waals surface area contributed by atoms with Crippen molar-refractivity contribution in [2.75, 3.05) is 13.2 Å². The number of benzene rings is 1. The number of rotatable bonds is 8. The van der Waals surface area contributed by atoms with E-state index in [2.05, 4.69) is 21.8 Å². The molecule has 3 aromatic rings. The lowest BCUT2D eigenvalue weighted by Gasteiger charge is -2.10. The van der Waals surface area contributed by atoms with Crippen molar-refractivity contribution in [3.63, 3.8) is 0 Å². The first kappa shape index (κ1) is 24.9. The van der Waals surface area contributed by atoms with Gasteiger partial charge < -0.3 is 4.74 Å². The molecule has 0 saturated carbocycles. The zero-order valence-electron chi connectivity index (χ0n) is 19.8. The Morgan fingerprint density at radius 3 is 2.76 bits per heavy atom. The van der Waals surface area contributed by atoms with E-state index in [-0.39, 0.29) is 18.2 Å². The molecule has 0 aliphatic carbocycles. The van der Waals surface area contributed by atoms with Crippen LogP contribution < -0.4 is 11.2 Å². The summed E-state index contributed by atoms with van der Waals surface area (Å²) in [4.78, 5) is 34.3. The average molecular weight is 466 g/mol. The van der Waals surface area contributed by atoms with E-state index in [1.165, 1.54) is 23.7 Å². The highest BCUT2D eigenvalue weighted by atomic mass is 19.1. The minimum atomic E-state index is -0.448. The Hall–Kier alpha value is -3.77. The van der Waals surface area contributed by atoms with Crippen LogP contribution in [0, 0.1) is 17.7 Å². The first-order valence-corrected chi connectivity index (χ1v) is 11.0. The summed E-state index contributed by atoms with van der Waals surface area (Å²) in [5.41, 5.74) is 1.00. The van der Waals surface area contributed by atoms with Gasteiger partial charge in [-0.05, 0) is 31.5 Å². The minimum absolute atomic E-state index is 0.122. The molecule has 8 nitrogen and oxygen atoms in total. The number of hydrogen-bond acceptors (Lipinski definition) is 5. The molecule has 0 fully saturated rings. The van der Waals surface area contributed by atoms with Gasteiger partial charge in [0.05, 0.1) is 0 Å². The van der Waals surface area contributed by atoms with Gasteiger partial charge in [-0.25, -0.2) is 14.2 Å². The van der Waals surface area contributed by atoms with Crippen molar-refractivity contribution in [2.24, 2.45) is 19.1 Å². The highest BCUT2D eigenvalue weighted by Crippen LogP contribution is 2.18. The molecular formula is C25H28FN5O3. The molecule has 0 amide bonds. The summed E-state index contributed by atoms with van der Waals surface area (Å²) in [6, 6.07) is 6.13. The highest BCUT2D eigenvalue weighted by Gasteiger charge is 2.20. The lowest BCUT2D eigenvalue weighted by Crippen LogP contribution is -2.37. The SMILES string of the molecule is C/C=C(\C=NCCC#Cc1cccc(F)c1)c1nc2c(c(=O)n(C)c(=O)n2C)n1COCCC. The van der Waals surface area contributed by atoms with Crippen LogP contribution in [0.15, 0.2) is 44.9 Å². The van der Waals surface area contributed by atoms with Crippen LogP contribution in [-0.4, -0.2) is 38.1 Å². The average Bonchev–Trinajstić information content (AvgIpc) is 3.20. The van der Waals surface area contributed by atoms with E-state index < -0.39 is 11.2 Å². The summed E-state index contributed by atoms with van der Waals surface area (Å²) in [6.07, 6.45) is 4.83. The van der Waals surface area contributed by atoms with Crippen LogP contribution in [0.2, 0.25) is 0 Å². The van der Waals surface area contributed by atoms with E-state index in [9.17, 15) is 14.0 Å². The summed E-state index contributed by atoms with van der Waals surface area (Å²) in [7, 11) is 3.02. The molecule has 0 bridgehead atoms. The lowest BCUT2D eigenvalue weighted by molar-refractivity contribution is 0.0794. The van der Waals surface area contributed by atoms with Crippen molar-refractivity contribution >= 4 is 23.0 Å². The summed E-state index contributed by atoms with van der Waals surface area (Å²) in [5.74, 6) is 6.07. The number of halogens is 1. The maximum atomic E-state index is 13.2. The monoisotopic (exact) mass is 465 g/mol. The molecule has 0 radical (unpaired) electrons. The number of aromatic nitrogens is 4. The normalized spacial score (nSPS) is 11.9. The number of allylic oxidation sites excluding steroid dienone is 2. The molecule has 178 valence electrons. The Morgan fingerprint density at radius 1 is 1.26 bits per heavy atom. The predicted octanol–water partition coefficient (Wildman–Crippen LogP) is 2.87. The zero-order chi connectivity index (χ0) is 24.7. The zero-order valence-corrected chi connectivity index (χ0v) is 19.8. The molecule has 0 unspecified atom stereocenters. The largest absolute Gasteiger partial charge is 0.361 e. The molecule has 0 aliphatic rings. The van der Waals surface area contributed by atoms with Crippen LogP contribution in [0.25, 0.3) is 16.7 Å². The van der Waals surface area contributed by atoms with Crippen LogP contribution >= 0.6 is 0 Å². The topological polar surface area (TPSA) is 83.4 Å². The van der Waals surface area contributed by atoms with Crippen molar-refractivity contribution in [3.8, 4) is 11.8 Å². The number of nitrogens with zero attached hydrogens (tertiary/aromatic N) is 5.